The van der Waals surface area contributed by atoms with Crippen LogP contribution in [-0.2, 0) is 0 Å². The summed E-state index contributed by atoms with van der Waals surface area (Å²) in [4.78, 5) is 0. The van der Waals surface area contributed by atoms with Gasteiger partial charge in [0.1, 0.15) is 0 Å². The van der Waals surface area contributed by atoms with Gasteiger partial charge in [-0.15, -0.1) is 0 Å². The van der Waals surface area contributed by atoms with Crippen LogP contribution in [0.3, 0.4) is 0 Å². The lowest BCUT2D eigenvalue weighted by atomic mass is 10.2. The molecule has 0 spiro atoms. The average molecular weight is 167 g/mol. The maximum Gasteiger partial charge on any atom is 0.0555 e. The molecule has 0 unspecified atom stereocenters. The molecule has 0 saturated heterocycles. The van der Waals surface area contributed by atoms with E-state index in [0.717, 1.165) is 0 Å². The topological polar surface area (TPSA) is 32.3 Å². The van der Waals surface area contributed by atoms with E-state index < -0.39 is 0 Å². The molecule has 68 valence electrons. The monoisotopic (exact) mass is 167 g/mol. The molecule has 0 aliphatic rings. The summed E-state index contributed by atoms with van der Waals surface area (Å²) in [5.41, 5.74) is 1.32. The Morgan fingerprint density at radius 1 is 1.25 bits per heavy atom. The third-order valence-electron chi connectivity index (χ3n) is 1.30. The molecular weight excluding hydrogens is 150 g/mol. The van der Waals surface area contributed by atoms with Crippen molar-refractivity contribution in [3.05, 3.63) is 35.9 Å². The summed E-state index contributed by atoms with van der Waals surface area (Å²) >= 11 is 0. The van der Waals surface area contributed by atoms with Gasteiger partial charge in [-0.1, -0.05) is 35.9 Å². The van der Waals surface area contributed by atoms with E-state index in [9.17, 15) is 0 Å². The zero-order chi connectivity index (χ0) is 9.23. The zero-order valence-corrected chi connectivity index (χ0v) is 7.75. The van der Waals surface area contributed by atoms with Crippen LogP contribution in [0.1, 0.15) is 5.56 Å². The van der Waals surface area contributed by atoms with Crippen LogP contribution in [0.15, 0.2) is 30.3 Å². The second-order valence-corrected chi connectivity index (χ2v) is 2.48. The summed E-state index contributed by atoms with van der Waals surface area (Å²) in [7, 11) is 1.80. The Labute approximate surface area is 74.2 Å². The van der Waals surface area contributed by atoms with Crippen molar-refractivity contribution >= 4 is 0 Å². The van der Waals surface area contributed by atoms with Crippen molar-refractivity contribution in [3.8, 4) is 0 Å². The molecule has 0 amide bonds. The molecule has 2 nitrogen and oxygen atoms in total. The number of hydrogen-bond acceptors (Lipinski definition) is 2. The fourth-order valence-electron chi connectivity index (χ4n) is 0.646. The number of benzene rings is 1. The second kappa shape index (κ2) is 8.24. The van der Waals surface area contributed by atoms with E-state index in [4.69, 9.17) is 5.11 Å². The van der Waals surface area contributed by atoms with Crippen LogP contribution in [0.4, 0.5) is 0 Å². The highest BCUT2D eigenvalue weighted by atomic mass is 16.3. The Balaban J connectivity index is 0.000000217. The predicted molar refractivity (Wildman–Crippen MR) is 52.2 cm³/mol. The molecular formula is C10H17NO. The number of likely N-dealkylation sites (N-methyl/N-ethyl adjacent to an activating group) is 1. The first-order valence-corrected chi connectivity index (χ1v) is 4.08. The maximum atomic E-state index is 8.00. The molecule has 12 heavy (non-hydrogen) atoms. The van der Waals surface area contributed by atoms with Gasteiger partial charge in [-0.05, 0) is 14.0 Å². The van der Waals surface area contributed by atoms with Gasteiger partial charge >= 0.3 is 0 Å². The van der Waals surface area contributed by atoms with Gasteiger partial charge in [-0.2, -0.15) is 0 Å². The van der Waals surface area contributed by atoms with Gasteiger partial charge in [0.15, 0.2) is 0 Å². The molecule has 0 aliphatic heterocycles. The molecule has 1 aromatic rings. The van der Waals surface area contributed by atoms with Gasteiger partial charge in [-0.3, -0.25) is 0 Å². The van der Waals surface area contributed by atoms with Crippen molar-refractivity contribution in [2.75, 3.05) is 20.2 Å². The first-order chi connectivity index (χ1) is 5.81. The van der Waals surface area contributed by atoms with Gasteiger partial charge in [0, 0.05) is 6.54 Å². The van der Waals surface area contributed by atoms with E-state index in [1.807, 2.05) is 18.2 Å². The van der Waals surface area contributed by atoms with Gasteiger partial charge < -0.3 is 10.4 Å². The summed E-state index contributed by atoms with van der Waals surface area (Å²) in [5, 5.41) is 10.8. The lowest BCUT2D eigenvalue weighted by Gasteiger charge is -1.84. The van der Waals surface area contributed by atoms with Crippen LogP contribution in [-0.4, -0.2) is 25.3 Å². The third kappa shape index (κ3) is 7.25. The normalized spacial score (nSPS) is 8.58. The molecule has 1 aromatic carbocycles. The molecule has 0 aliphatic carbocycles. The second-order valence-electron chi connectivity index (χ2n) is 2.48. The summed E-state index contributed by atoms with van der Waals surface area (Å²) < 4.78 is 0. The minimum atomic E-state index is 0.233. The molecule has 2 heteroatoms. The number of rotatable bonds is 2. The quantitative estimate of drug-likeness (QED) is 0.693. The average Bonchev–Trinajstić information content (AvgIpc) is 2.08. The SMILES string of the molecule is CNCCO.Cc1ccccc1. The standard InChI is InChI=1S/C7H8.C3H9NO/c1-7-5-3-2-4-6-7;1-4-2-3-5/h2-6H,1H3;4-5H,2-3H2,1H3. The lowest BCUT2D eigenvalue weighted by molar-refractivity contribution is 0.296. The van der Waals surface area contributed by atoms with Crippen molar-refractivity contribution in [1.82, 2.24) is 5.32 Å². The summed E-state index contributed by atoms with van der Waals surface area (Å²) in [5.74, 6) is 0. The smallest absolute Gasteiger partial charge is 0.0555 e. The van der Waals surface area contributed by atoms with Crippen LogP contribution in [0.5, 0.6) is 0 Å². The van der Waals surface area contributed by atoms with E-state index in [0.29, 0.717) is 6.54 Å². The van der Waals surface area contributed by atoms with Crippen molar-refractivity contribution in [2.24, 2.45) is 0 Å². The van der Waals surface area contributed by atoms with Crippen LogP contribution in [0.2, 0.25) is 0 Å². The van der Waals surface area contributed by atoms with Gasteiger partial charge in [-0.25, -0.2) is 0 Å². The number of aliphatic hydroxyl groups is 1. The summed E-state index contributed by atoms with van der Waals surface area (Å²) in [6.45, 7) is 3.01. The van der Waals surface area contributed by atoms with Crippen molar-refractivity contribution in [3.63, 3.8) is 0 Å². The summed E-state index contributed by atoms with van der Waals surface area (Å²) in [6.07, 6.45) is 0. The minimum Gasteiger partial charge on any atom is -0.395 e. The highest BCUT2D eigenvalue weighted by Crippen LogP contribution is 1.92. The number of hydrogen-bond donors (Lipinski definition) is 2. The summed E-state index contributed by atoms with van der Waals surface area (Å²) in [6, 6.07) is 10.3. The fraction of sp³-hybridized carbons (Fsp3) is 0.400. The maximum absolute atomic E-state index is 8.00. The van der Waals surface area contributed by atoms with Crippen LogP contribution < -0.4 is 5.32 Å². The molecule has 0 bridgehead atoms. The van der Waals surface area contributed by atoms with Crippen molar-refractivity contribution < 1.29 is 5.11 Å². The molecule has 0 saturated carbocycles. The molecule has 0 atom stereocenters. The number of aliphatic hydroxyl groups excluding tert-OH is 1. The molecule has 2 N–H and O–H groups in total. The van der Waals surface area contributed by atoms with Crippen molar-refractivity contribution in [2.45, 2.75) is 6.92 Å². The minimum absolute atomic E-state index is 0.233. The van der Waals surface area contributed by atoms with E-state index >= 15 is 0 Å². The Morgan fingerprint density at radius 3 is 2.00 bits per heavy atom. The highest BCUT2D eigenvalue weighted by molar-refractivity contribution is 5.11. The Hall–Kier alpha value is -0.860. The molecule has 1 rings (SSSR count). The molecule has 0 radical (unpaired) electrons. The lowest BCUT2D eigenvalue weighted by Crippen LogP contribution is -2.10. The van der Waals surface area contributed by atoms with E-state index in [1.165, 1.54) is 5.56 Å². The van der Waals surface area contributed by atoms with Gasteiger partial charge in [0.2, 0.25) is 0 Å². The van der Waals surface area contributed by atoms with E-state index in [2.05, 4.69) is 24.4 Å². The third-order valence-corrected chi connectivity index (χ3v) is 1.30. The van der Waals surface area contributed by atoms with Crippen LogP contribution in [0.25, 0.3) is 0 Å². The predicted octanol–water partition coefficient (Wildman–Crippen LogP) is 1.19. The van der Waals surface area contributed by atoms with E-state index in [-0.39, 0.29) is 6.61 Å². The first kappa shape index (κ1) is 11.1. The Morgan fingerprint density at radius 2 is 1.83 bits per heavy atom. The van der Waals surface area contributed by atoms with Gasteiger partial charge in [0.05, 0.1) is 6.61 Å². The van der Waals surface area contributed by atoms with Gasteiger partial charge in [0.25, 0.3) is 0 Å². The molecule has 0 heterocycles. The zero-order valence-electron chi connectivity index (χ0n) is 7.75. The fourth-order valence-corrected chi connectivity index (χ4v) is 0.646. The highest BCUT2D eigenvalue weighted by Gasteiger charge is 1.72. The van der Waals surface area contributed by atoms with Crippen molar-refractivity contribution in [1.29, 1.82) is 0 Å². The molecule has 0 aromatic heterocycles. The molecule has 0 fully saturated rings. The van der Waals surface area contributed by atoms with Crippen LogP contribution in [0, 0.1) is 6.92 Å². The Bertz CT molecular complexity index is 172. The van der Waals surface area contributed by atoms with Crippen LogP contribution >= 0.6 is 0 Å². The number of aryl methyl sites for hydroxylation is 1. The Kier molecular flexibility index (Phi) is 7.65. The number of nitrogens with one attached hydrogen (secondary N) is 1. The van der Waals surface area contributed by atoms with E-state index in [1.54, 1.807) is 7.05 Å². The largest absolute Gasteiger partial charge is 0.395 e. The first-order valence-electron chi connectivity index (χ1n) is 4.08.